The molecule has 2 atom stereocenters. The Bertz CT molecular complexity index is 786. The molecule has 28 heavy (non-hydrogen) atoms. The first kappa shape index (κ1) is 23.2. The SMILES string of the molecule is Cc1cc(C)c(C)c(OCC(O)CN2CCOC(c3cccc(Br)c3)C2)c1.Cl. The minimum atomic E-state index is -0.536. The van der Waals surface area contributed by atoms with E-state index in [2.05, 4.69) is 59.8 Å². The lowest BCUT2D eigenvalue weighted by Gasteiger charge is -2.34. The summed E-state index contributed by atoms with van der Waals surface area (Å²) >= 11 is 3.52. The second kappa shape index (κ2) is 10.6. The van der Waals surface area contributed by atoms with E-state index >= 15 is 0 Å². The highest BCUT2D eigenvalue weighted by molar-refractivity contribution is 9.10. The van der Waals surface area contributed by atoms with Crippen LogP contribution in [0.5, 0.6) is 5.75 Å². The number of nitrogens with zero attached hydrogens (tertiary/aromatic N) is 1. The maximum atomic E-state index is 10.5. The molecule has 0 amide bonds. The van der Waals surface area contributed by atoms with Gasteiger partial charge in [0.1, 0.15) is 18.5 Å². The lowest BCUT2D eigenvalue weighted by molar-refractivity contribution is -0.0459. The number of benzene rings is 2. The molecule has 0 aliphatic carbocycles. The molecule has 1 aliphatic rings. The van der Waals surface area contributed by atoms with E-state index in [4.69, 9.17) is 9.47 Å². The van der Waals surface area contributed by atoms with Gasteiger partial charge in [-0.2, -0.15) is 0 Å². The molecule has 0 saturated carbocycles. The number of ether oxygens (including phenoxy) is 2. The zero-order valence-corrected chi connectivity index (χ0v) is 19.1. The first-order valence-electron chi connectivity index (χ1n) is 9.40. The highest BCUT2D eigenvalue weighted by Crippen LogP contribution is 2.26. The van der Waals surface area contributed by atoms with Crippen LogP contribution in [0.3, 0.4) is 0 Å². The highest BCUT2D eigenvalue weighted by atomic mass is 79.9. The molecule has 3 rings (SSSR count). The monoisotopic (exact) mass is 469 g/mol. The van der Waals surface area contributed by atoms with Crippen molar-refractivity contribution in [2.45, 2.75) is 33.0 Å². The lowest BCUT2D eigenvalue weighted by Crippen LogP contribution is -2.43. The van der Waals surface area contributed by atoms with Crippen molar-refractivity contribution in [3.63, 3.8) is 0 Å². The molecule has 154 valence electrons. The van der Waals surface area contributed by atoms with Crippen molar-refractivity contribution in [3.05, 3.63) is 63.1 Å². The average molecular weight is 471 g/mol. The molecule has 0 bridgehead atoms. The van der Waals surface area contributed by atoms with E-state index in [9.17, 15) is 5.11 Å². The Morgan fingerprint density at radius 2 is 2.04 bits per heavy atom. The molecule has 1 saturated heterocycles. The summed E-state index contributed by atoms with van der Waals surface area (Å²) in [6, 6.07) is 12.4. The number of β-amino-alcohol motifs (C(OH)–C–C–N with tert-alkyl or cyclic N) is 1. The molecule has 2 aromatic carbocycles. The second-order valence-electron chi connectivity index (χ2n) is 7.34. The van der Waals surface area contributed by atoms with E-state index < -0.39 is 6.10 Å². The van der Waals surface area contributed by atoms with Crippen LogP contribution >= 0.6 is 28.3 Å². The van der Waals surface area contributed by atoms with Crippen molar-refractivity contribution in [3.8, 4) is 5.75 Å². The quantitative estimate of drug-likeness (QED) is 0.669. The van der Waals surface area contributed by atoms with E-state index in [0.717, 1.165) is 34.4 Å². The van der Waals surface area contributed by atoms with Crippen LogP contribution in [0.15, 0.2) is 40.9 Å². The lowest BCUT2D eigenvalue weighted by atomic mass is 10.1. The molecule has 2 unspecified atom stereocenters. The van der Waals surface area contributed by atoms with Crippen LogP contribution in [0.25, 0.3) is 0 Å². The third-order valence-corrected chi connectivity index (χ3v) is 5.53. The second-order valence-corrected chi connectivity index (χ2v) is 8.26. The third kappa shape index (κ3) is 6.19. The van der Waals surface area contributed by atoms with Gasteiger partial charge in [0.2, 0.25) is 0 Å². The Labute approximate surface area is 182 Å². The highest BCUT2D eigenvalue weighted by Gasteiger charge is 2.24. The molecule has 0 aromatic heterocycles. The van der Waals surface area contributed by atoms with Crippen LogP contribution in [0.1, 0.15) is 28.4 Å². The molecular formula is C22H29BrClNO3. The average Bonchev–Trinajstić information content (AvgIpc) is 2.63. The summed E-state index contributed by atoms with van der Waals surface area (Å²) in [6.45, 7) is 9.34. The number of hydrogen-bond acceptors (Lipinski definition) is 4. The number of morpholine rings is 1. The Balaban J connectivity index is 0.00000280. The number of halogens is 2. The van der Waals surface area contributed by atoms with Gasteiger partial charge in [-0.1, -0.05) is 34.1 Å². The fourth-order valence-electron chi connectivity index (χ4n) is 3.46. The number of hydrogen-bond donors (Lipinski definition) is 1. The van der Waals surface area contributed by atoms with Gasteiger partial charge in [-0.3, -0.25) is 4.90 Å². The summed E-state index contributed by atoms with van der Waals surface area (Å²) in [5, 5.41) is 10.5. The third-order valence-electron chi connectivity index (χ3n) is 5.04. The van der Waals surface area contributed by atoms with Crippen molar-refractivity contribution in [2.75, 3.05) is 32.8 Å². The number of aliphatic hydroxyl groups excluding tert-OH is 1. The smallest absolute Gasteiger partial charge is 0.122 e. The van der Waals surface area contributed by atoms with Crippen LogP contribution in [0.2, 0.25) is 0 Å². The summed E-state index contributed by atoms with van der Waals surface area (Å²) in [6.07, 6.45) is -0.502. The van der Waals surface area contributed by atoms with Crippen molar-refractivity contribution in [2.24, 2.45) is 0 Å². The summed E-state index contributed by atoms with van der Waals surface area (Å²) < 4.78 is 12.9. The van der Waals surface area contributed by atoms with Gasteiger partial charge in [0.25, 0.3) is 0 Å². The first-order chi connectivity index (χ1) is 12.9. The Morgan fingerprint density at radius 1 is 1.25 bits per heavy atom. The topological polar surface area (TPSA) is 41.9 Å². The number of rotatable bonds is 6. The van der Waals surface area contributed by atoms with E-state index in [0.29, 0.717) is 19.8 Å². The fourth-order valence-corrected chi connectivity index (χ4v) is 3.88. The largest absolute Gasteiger partial charge is 0.491 e. The first-order valence-corrected chi connectivity index (χ1v) is 10.2. The van der Waals surface area contributed by atoms with Crippen molar-refractivity contribution < 1.29 is 14.6 Å². The fraction of sp³-hybridized carbons (Fsp3) is 0.455. The molecule has 0 radical (unpaired) electrons. The van der Waals surface area contributed by atoms with Crippen LogP contribution in [-0.4, -0.2) is 49.0 Å². The zero-order chi connectivity index (χ0) is 19.4. The minimum Gasteiger partial charge on any atom is -0.491 e. The van der Waals surface area contributed by atoms with Gasteiger partial charge in [0.15, 0.2) is 0 Å². The van der Waals surface area contributed by atoms with Crippen LogP contribution in [0, 0.1) is 20.8 Å². The van der Waals surface area contributed by atoms with E-state index in [1.807, 2.05) is 18.2 Å². The van der Waals surface area contributed by atoms with Gasteiger partial charge in [-0.05, 0) is 61.2 Å². The summed E-state index contributed by atoms with van der Waals surface area (Å²) in [5.74, 6) is 0.862. The number of aryl methyl sites for hydroxylation is 2. The predicted octanol–water partition coefficient (Wildman–Crippen LogP) is 4.61. The van der Waals surface area contributed by atoms with Gasteiger partial charge < -0.3 is 14.6 Å². The minimum absolute atomic E-state index is 0. The number of aliphatic hydroxyl groups is 1. The Morgan fingerprint density at radius 3 is 2.79 bits per heavy atom. The van der Waals surface area contributed by atoms with Gasteiger partial charge in [0, 0.05) is 24.1 Å². The Hall–Kier alpha value is -1.11. The molecule has 1 aliphatic heterocycles. The van der Waals surface area contributed by atoms with E-state index in [-0.39, 0.29) is 18.5 Å². The van der Waals surface area contributed by atoms with Gasteiger partial charge in [-0.15, -0.1) is 12.4 Å². The standard InChI is InChI=1S/C22H28BrNO3.ClH/c1-15-9-16(2)17(3)21(10-15)27-14-20(25)12-24-7-8-26-22(13-24)18-5-4-6-19(23)11-18;/h4-6,9-11,20,22,25H,7-8,12-14H2,1-3H3;1H. The molecule has 0 spiro atoms. The van der Waals surface area contributed by atoms with Crippen LogP contribution in [0.4, 0.5) is 0 Å². The molecule has 1 N–H and O–H groups in total. The van der Waals surface area contributed by atoms with Gasteiger partial charge in [-0.25, -0.2) is 0 Å². The van der Waals surface area contributed by atoms with Crippen molar-refractivity contribution in [1.29, 1.82) is 0 Å². The van der Waals surface area contributed by atoms with Gasteiger partial charge in [0.05, 0.1) is 12.7 Å². The predicted molar refractivity (Wildman–Crippen MR) is 119 cm³/mol. The van der Waals surface area contributed by atoms with E-state index in [1.165, 1.54) is 11.1 Å². The maximum Gasteiger partial charge on any atom is 0.122 e. The summed E-state index contributed by atoms with van der Waals surface area (Å²) in [5.41, 5.74) is 4.68. The van der Waals surface area contributed by atoms with Crippen molar-refractivity contribution in [1.82, 2.24) is 4.90 Å². The van der Waals surface area contributed by atoms with Crippen LogP contribution < -0.4 is 4.74 Å². The van der Waals surface area contributed by atoms with E-state index in [1.54, 1.807) is 0 Å². The maximum absolute atomic E-state index is 10.5. The normalized spacial score (nSPS) is 18.4. The molecule has 4 nitrogen and oxygen atoms in total. The van der Waals surface area contributed by atoms with Crippen LogP contribution in [-0.2, 0) is 4.74 Å². The molecular weight excluding hydrogens is 442 g/mol. The van der Waals surface area contributed by atoms with Crippen molar-refractivity contribution >= 4 is 28.3 Å². The molecule has 6 heteroatoms. The summed E-state index contributed by atoms with van der Waals surface area (Å²) in [7, 11) is 0. The molecule has 1 fully saturated rings. The Kier molecular flexibility index (Phi) is 8.78. The summed E-state index contributed by atoms with van der Waals surface area (Å²) in [4.78, 5) is 2.25. The van der Waals surface area contributed by atoms with Gasteiger partial charge >= 0.3 is 0 Å². The zero-order valence-electron chi connectivity index (χ0n) is 16.7. The molecule has 2 aromatic rings. The molecule has 1 heterocycles.